The van der Waals surface area contributed by atoms with Gasteiger partial charge in [0, 0.05) is 29.9 Å². The van der Waals surface area contributed by atoms with Crippen LogP contribution in [0.3, 0.4) is 0 Å². The molecule has 3 aromatic rings. The number of hydrogen-bond donors (Lipinski definition) is 1. The average molecular weight is 501 g/mol. The van der Waals surface area contributed by atoms with E-state index in [2.05, 4.69) is 10.1 Å². The van der Waals surface area contributed by atoms with Crippen LogP contribution in [0.4, 0.5) is 13.2 Å². The maximum Gasteiger partial charge on any atom is 0.313 e. The lowest BCUT2D eigenvalue weighted by Crippen LogP contribution is -2.38. The third-order valence-electron chi connectivity index (χ3n) is 7.34. The first kappa shape index (κ1) is 24.3. The largest absolute Gasteiger partial charge is 0.481 e. The fourth-order valence-electron chi connectivity index (χ4n) is 5.23. The number of carboxylic acid groups (broad SMARTS) is 1. The van der Waals surface area contributed by atoms with Crippen LogP contribution in [0.15, 0.2) is 30.3 Å². The monoisotopic (exact) mass is 500 g/mol. The molecule has 1 amide bonds. The number of benzene rings is 1. The number of aromatic nitrogens is 3. The maximum atomic E-state index is 15.0. The van der Waals surface area contributed by atoms with Crippen molar-refractivity contribution >= 4 is 17.5 Å². The van der Waals surface area contributed by atoms with Crippen molar-refractivity contribution in [1.82, 2.24) is 19.5 Å². The van der Waals surface area contributed by atoms with Gasteiger partial charge in [0.2, 0.25) is 0 Å². The number of carboxylic acids is 1. The molecule has 1 saturated heterocycles. The number of amides is 1. The molecule has 7 nitrogen and oxygen atoms in total. The second-order valence-corrected chi connectivity index (χ2v) is 9.69. The van der Waals surface area contributed by atoms with Gasteiger partial charge in [-0.15, -0.1) is 0 Å². The molecule has 10 heteroatoms. The van der Waals surface area contributed by atoms with Crippen LogP contribution in [0.5, 0.6) is 0 Å². The van der Waals surface area contributed by atoms with Crippen molar-refractivity contribution in [3.05, 3.63) is 53.1 Å². The summed E-state index contributed by atoms with van der Waals surface area (Å²) in [7, 11) is 0. The number of halogens is 3. The number of fused-ring (bicyclic) bond motifs is 1. The molecule has 0 radical (unpaired) electrons. The fourth-order valence-corrected chi connectivity index (χ4v) is 5.23. The molecule has 1 N–H and O–H groups in total. The van der Waals surface area contributed by atoms with Gasteiger partial charge in [-0.1, -0.05) is 25.8 Å². The first-order valence-electron chi connectivity index (χ1n) is 12.2. The Labute approximate surface area is 205 Å². The van der Waals surface area contributed by atoms with E-state index in [1.54, 1.807) is 16.6 Å². The van der Waals surface area contributed by atoms with Gasteiger partial charge in [-0.2, -0.15) is 5.10 Å². The Morgan fingerprint density at radius 3 is 2.61 bits per heavy atom. The summed E-state index contributed by atoms with van der Waals surface area (Å²) in [6.45, 7) is 4.64. The van der Waals surface area contributed by atoms with Crippen molar-refractivity contribution < 1.29 is 27.9 Å². The molecule has 3 atom stereocenters. The molecule has 1 saturated carbocycles. The van der Waals surface area contributed by atoms with Crippen LogP contribution in [0.2, 0.25) is 0 Å². The molecule has 1 aromatic carbocycles. The van der Waals surface area contributed by atoms with Crippen molar-refractivity contribution in [2.75, 3.05) is 6.54 Å². The average Bonchev–Trinajstić information content (AvgIpc) is 3.28. The minimum atomic E-state index is -3.41. The third kappa shape index (κ3) is 4.02. The van der Waals surface area contributed by atoms with Gasteiger partial charge in [0.25, 0.3) is 11.8 Å². The lowest BCUT2D eigenvalue weighted by Gasteiger charge is -2.27. The van der Waals surface area contributed by atoms with Gasteiger partial charge >= 0.3 is 5.97 Å². The normalized spacial score (nSPS) is 23.5. The number of alkyl halides is 2. The number of hydrogen-bond acceptors (Lipinski definition) is 4. The summed E-state index contributed by atoms with van der Waals surface area (Å²) in [5.74, 6) is -9.34. The highest BCUT2D eigenvalue weighted by Gasteiger charge is 2.73. The van der Waals surface area contributed by atoms with Gasteiger partial charge in [-0.3, -0.25) is 9.59 Å². The number of aryl methyl sites for hydroxylation is 1. The molecule has 0 unspecified atom stereocenters. The van der Waals surface area contributed by atoms with E-state index >= 15 is 4.39 Å². The van der Waals surface area contributed by atoms with Gasteiger partial charge in [0.15, 0.2) is 5.65 Å². The Hall–Kier alpha value is -3.43. The third-order valence-corrected chi connectivity index (χ3v) is 7.34. The van der Waals surface area contributed by atoms with Crippen molar-refractivity contribution in [3.63, 3.8) is 0 Å². The lowest BCUT2D eigenvalue weighted by molar-refractivity contribution is -0.140. The van der Waals surface area contributed by atoms with E-state index in [0.717, 1.165) is 37.4 Å². The van der Waals surface area contributed by atoms with Crippen molar-refractivity contribution in [3.8, 4) is 11.3 Å². The van der Waals surface area contributed by atoms with E-state index in [1.165, 1.54) is 12.1 Å². The molecule has 0 bridgehead atoms. The molecule has 2 fully saturated rings. The Bertz CT molecular complexity index is 1360. The Morgan fingerprint density at radius 1 is 1.17 bits per heavy atom. The smallest absolute Gasteiger partial charge is 0.313 e. The number of rotatable bonds is 5. The van der Waals surface area contributed by atoms with E-state index < -0.39 is 29.5 Å². The molecule has 3 heterocycles. The Morgan fingerprint density at radius 2 is 1.94 bits per heavy atom. The molecular weight excluding hydrogens is 473 g/mol. The van der Waals surface area contributed by atoms with Gasteiger partial charge in [-0.05, 0) is 49.9 Å². The van der Waals surface area contributed by atoms with E-state index in [9.17, 15) is 18.4 Å². The second kappa shape index (κ2) is 8.90. The van der Waals surface area contributed by atoms with Crippen LogP contribution in [0.1, 0.15) is 67.2 Å². The van der Waals surface area contributed by atoms with Crippen LogP contribution in [-0.4, -0.2) is 55.0 Å². The lowest BCUT2D eigenvalue weighted by atomic mass is 10.0. The van der Waals surface area contributed by atoms with Crippen LogP contribution < -0.4 is 0 Å². The van der Waals surface area contributed by atoms with E-state index in [4.69, 9.17) is 5.11 Å². The van der Waals surface area contributed by atoms with Gasteiger partial charge in [-0.25, -0.2) is 22.7 Å². The van der Waals surface area contributed by atoms with Gasteiger partial charge in [0.05, 0.1) is 11.6 Å². The highest BCUT2D eigenvalue weighted by atomic mass is 19.3. The molecule has 5 rings (SSSR count). The van der Waals surface area contributed by atoms with E-state index in [0.29, 0.717) is 24.3 Å². The SMILES string of the molecule is CCc1cc(C(=O)N2CCCCC[C@H]2C)nc2cc(-c3ccc([C@@H]4[C@@H](C(=O)O)C4(F)F)cc3F)nn12. The summed E-state index contributed by atoms with van der Waals surface area (Å²) in [5.41, 5.74) is 1.69. The topological polar surface area (TPSA) is 87.8 Å². The van der Waals surface area contributed by atoms with Crippen LogP contribution in [0, 0.1) is 11.7 Å². The summed E-state index contributed by atoms with van der Waals surface area (Å²) in [6, 6.07) is 6.99. The molecule has 0 spiro atoms. The van der Waals surface area contributed by atoms with Crippen LogP contribution in [-0.2, 0) is 11.2 Å². The van der Waals surface area contributed by atoms with E-state index in [1.807, 2.05) is 18.7 Å². The zero-order chi connectivity index (χ0) is 25.8. The van der Waals surface area contributed by atoms with Crippen molar-refractivity contribution in [2.24, 2.45) is 5.92 Å². The number of carbonyl (C=O) groups excluding carboxylic acids is 1. The highest BCUT2D eigenvalue weighted by molar-refractivity contribution is 5.93. The number of aliphatic carboxylic acids is 1. The second-order valence-electron chi connectivity index (χ2n) is 9.69. The van der Waals surface area contributed by atoms with Gasteiger partial charge < -0.3 is 10.0 Å². The number of carbonyl (C=O) groups is 2. The Kier molecular flexibility index (Phi) is 6.00. The Balaban J connectivity index is 1.48. The summed E-state index contributed by atoms with van der Waals surface area (Å²) in [4.78, 5) is 30.8. The summed E-state index contributed by atoms with van der Waals surface area (Å²) >= 11 is 0. The minimum Gasteiger partial charge on any atom is -0.481 e. The summed E-state index contributed by atoms with van der Waals surface area (Å²) < 4.78 is 44.4. The zero-order valence-electron chi connectivity index (χ0n) is 20.0. The predicted molar refractivity (Wildman–Crippen MR) is 126 cm³/mol. The highest BCUT2D eigenvalue weighted by Crippen LogP contribution is 2.61. The van der Waals surface area contributed by atoms with Crippen molar-refractivity contribution in [2.45, 2.75) is 63.8 Å². The summed E-state index contributed by atoms with van der Waals surface area (Å²) in [6.07, 6.45) is 4.63. The van der Waals surface area contributed by atoms with Gasteiger partial charge in [0.1, 0.15) is 17.4 Å². The zero-order valence-corrected chi connectivity index (χ0v) is 20.0. The molecule has 1 aliphatic heterocycles. The predicted octanol–water partition coefficient (Wildman–Crippen LogP) is 4.94. The molecule has 190 valence electrons. The first-order chi connectivity index (χ1) is 17.1. The number of likely N-dealkylation sites (tertiary alicyclic amines) is 1. The molecule has 2 aromatic heterocycles. The standard InChI is InChI=1S/C26H27F3N4O3/c1-3-16-12-20(24(34)32-10-6-4-5-7-14(32)2)30-21-13-19(31-33(16)21)17-9-8-15(11-18(17)27)22-23(25(35)36)26(22,28)29/h8-9,11-14,22-23H,3-7,10H2,1-2H3,(H,35,36)/t14-,22-,23+/m1/s1. The fraction of sp³-hybridized carbons (Fsp3) is 0.462. The molecule has 36 heavy (non-hydrogen) atoms. The molecular formula is C26H27F3N4O3. The molecule has 1 aliphatic carbocycles. The first-order valence-corrected chi connectivity index (χ1v) is 12.2. The maximum absolute atomic E-state index is 15.0. The molecule has 2 aliphatic rings. The quantitative estimate of drug-likeness (QED) is 0.537. The van der Waals surface area contributed by atoms with Crippen LogP contribution >= 0.6 is 0 Å². The summed E-state index contributed by atoms with van der Waals surface area (Å²) in [5, 5.41) is 13.5. The van der Waals surface area contributed by atoms with Crippen LogP contribution in [0.25, 0.3) is 16.9 Å². The van der Waals surface area contributed by atoms with Crippen molar-refractivity contribution in [1.29, 1.82) is 0 Å². The number of nitrogens with zero attached hydrogens (tertiary/aromatic N) is 4. The minimum absolute atomic E-state index is 0.0655. The van der Waals surface area contributed by atoms with E-state index in [-0.39, 0.29) is 28.8 Å².